The lowest BCUT2D eigenvalue weighted by Crippen LogP contribution is -2.17. The van der Waals surface area contributed by atoms with Crippen molar-refractivity contribution in [3.63, 3.8) is 0 Å². The first-order valence-corrected chi connectivity index (χ1v) is 4.65. The van der Waals surface area contributed by atoms with Crippen molar-refractivity contribution in [1.82, 2.24) is 0 Å². The van der Waals surface area contributed by atoms with E-state index in [9.17, 15) is 8.42 Å². The van der Waals surface area contributed by atoms with Gasteiger partial charge in [0.2, 0.25) is 0 Å². The van der Waals surface area contributed by atoms with E-state index in [1.807, 2.05) is 0 Å². The molecule has 0 aliphatic heterocycles. The lowest BCUT2D eigenvalue weighted by molar-refractivity contribution is 0.464. The topological polar surface area (TPSA) is 80.4 Å². The van der Waals surface area contributed by atoms with Gasteiger partial charge in [0, 0.05) is 0 Å². The van der Waals surface area contributed by atoms with E-state index in [1.54, 1.807) is 0 Å². The Bertz CT molecular complexity index is 175. The average molecular weight is 167 g/mol. The Balaban J connectivity index is 3.75. The quantitative estimate of drug-likeness (QED) is 0.577. The molecule has 0 amide bonds. The first kappa shape index (κ1) is 9.87. The second kappa shape index (κ2) is 3.90. The zero-order chi connectivity index (χ0) is 8.20. The number of hydrogen-bond donors (Lipinski definition) is 2. The highest BCUT2D eigenvalue weighted by Gasteiger charge is 2.15. The highest BCUT2D eigenvalue weighted by molar-refractivity contribution is 7.86. The molecule has 1 atom stereocenters. The van der Waals surface area contributed by atoms with Gasteiger partial charge in [-0.2, -0.15) is 8.42 Å². The van der Waals surface area contributed by atoms with Crippen LogP contribution in [0.15, 0.2) is 0 Å². The minimum absolute atomic E-state index is 0.426. The van der Waals surface area contributed by atoms with Crippen molar-refractivity contribution in [2.24, 2.45) is 5.73 Å². The van der Waals surface area contributed by atoms with E-state index in [-0.39, 0.29) is 0 Å². The van der Waals surface area contributed by atoms with Crippen LogP contribution in [0.1, 0.15) is 19.8 Å². The second-order valence-corrected chi connectivity index (χ2v) is 4.09. The molecular formula is C5H13NO3S. The molecule has 3 N–H and O–H groups in total. The molecule has 0 bridgehead atoms. The van der Waals surface area contributed by atoms with Crippen molar-refractivity contribution in [3.8, 4) is 0 Å². The Kier molecular flexibility index (Phi) is 3.85. The molecule has 4 nitrogen and oxygen atoms in total. The van der Waals surface area contributed by atoms with Gasteiger partial charge >= 0.3 is 0 Å². The fourth-order valence-electron chi connectivity index (χ4n) is 0.554. The fraction of sp³-hybridized carbons (Fsp3) is 1.00. The maximum atomic E-state index is 10.4. The summed E-state index contributed by atoms with van der Waals surface area (Å²) in [5, 5.41) is -0.684. The molecule has 0 aromatic rings. The summed E-state index contributed by atoms with van der Waals surface area (Å²) in [6.45, 7) is 1.92. The van der Waals surface area contributed by atoms with E-state index < -0.39 is 15.4 Å². The Labute approximate surface area is 61.2 Å². The maximum absolute atomic E-state index is 10.4. The van der Waals surface area contributed by atoms with Gasteiger partial charge in [0.15, 0.2) is 0 Å². The summed E-state index contributed by atoms with van der Waals surface area (Å²) in [5.41, 5.74) is 5.14. The van der Waals surface area contributed by atoms with Gasteiger partial charge in [-0.3, -0.25) is 4.55 Å². The van der Waals surface area contributed by atoms with Crippen LogP contribution >= 0.6 is 0 Å². The first-order chi connectivity index (χ1) is 4.48. The summed E-state index contributed by atoms with van der Waals surface area (Å²) in [6, 6.07) is 0. The largest absolute Gasteiger partial charge is 0.330 e. The molecule has 0 aliphatic carbocycles. The molecule has 0 saturated carbocycles. The van der Waals surface area contributed by atoms with Gasteiger partial charge in [0.25, 0.3) is 10.1 Å². The zero-order valence-corrected chi connectivity index (χ0v) is 6.76. The normalized spacial score (nSPS) is 15.1. The van der Waals surface area contributed by atoms with Gasteiger partial charge in [0.05, 0.1) is 5.25 Å². The monoisotopic (exact) mass is 167 g/mol. The van der Waals surface area contributed by atoms with E-state index in [1.165, 1.54) is 6.92 Å². The Hall–Kier alpha value is -0.130. The zero-order valence-electron chi connectivity index (χ0n) is 5.95. The van der Waals surface area contributed by atoms with E-state index >= 15 is 0 Å². The fourth-order valence-corrected chi connectivity index (χ4v) is 1.02. The van der Waals surface area contributed by atoms with Gasteiger partial charge in [0.1, 0.15) is 0 Å². The predicted octanol–water partition coefficient (Wildman–Crippen LogP) is 0.00160. The summed E-state index contributed by atoms with van der Waals surface area (Å²) in [6.07, 6.45) is 1.05. The summed E-state index contributed by atoms with van der Waals surface area (Å²) >= 11 is 0. The molecule has 0 spiro atoms. The molecule has 0 saturated heterocycles. The Morgan fingerprint density at radius 1 is 1.60 bits per heavy atom. The average Bonchev–Trinajstić information content (AvgIpc) is 1.80. The van der Waals surface area contributed by atoms with Crippen LogP contribution in [0.5, 0.6) is 0 Å². The Morgan fingerprint density at radius 2 is 2.10 bits per heavy atom. The van der Waals surface area contributed by atoms with Gasteiger partial charge in [-0.05, 0) is 26.3 Å². The van der Waals surface area contributed by atoms with Crippen LogP contribution in [-0.2, 0) is 10.1 Å². The van der Waals surface area contributed by atoms with Crippen molar-refractivity contribution in [1.29, 1.82) is 0 Å². The smallest absolute Gasteiger partial charge is 0.267 e. The van der Waals surface area contributed by atoms with Crippen molar-refractivity contribution in [2.45, 2.75) is 25.0 Å². The van der Waals surface area contributed by atoms with Crippen LogP contribution in [0.25, 0.3) is 0 Å². The highest BCUT2D eigenvalue weighted by Crippen LogP contribution is 2.04. The number of hydrogen-bond acceptors (Lipinski definition) is 3. The SMILES string of the molecule is CC(CCCN)S(=O)(=O)O. The Morgan fingerprint density at radius 3 is 2.40 bits per heavy atom. The molecule has 0 heterocycles. The van der Waals surface area contributed by atoms with Crippen molar-refractivity contribution in [3.05, 3.63) is 0 Å². The molecule has 0 radical (unpaired) electrons. The minimum Gasteiger partial charge on any atom is -0.330 e. The molecule has 62 valence electrons. The third-order valence-electron chi connectivity index (χ3n) is 1.32. The van der Waals surface area contributed by atoms with Crippen molar-refractivity contribution in [2.75, 3.05) is 6.54 Å². The molecule has 1 unspecified atom stereocenters. The lowest BCUT2D eigenvalue weighted by atomic mass is 10.2. The molecule has 5 heteroatoms. The van der Waals surface area contributed by atoms with Gasteiger partial charge in [-0.15, -0.1) is 0 Å². The number of rotatable bonds is 4. The van der Waals surface area contributed by atoms with Gasteiger partial charge in [-0.1, -0.05) is 0 Å². The van der Waals surface area contributed by atoms with Crippen molar-refractivity contribution >= 4 is 10.1 Å². The molecule has 0 aromatic carbocycles. The van der Waals surface area contributed by atoms with Gasteiger partial charge in [-0.25, -0.2) is 0 Å². The van der Waals surface area contributed by atoms with E-state index in [0.717, 1.165) is 0 Å². The molecule has 0 aromatic heterocycles. The summed E-state index contributed by atoms with van der Waals surface area (Å²) in [7, 11) is -3.83. The van der Waals surface area contributed by atoms with Crippen LogP contribution in [0.2, 0.25) is 0 Å². The molecular weight excluding hydrogens is 154 g/mol. The van der Waals surface area contributed by atoms with Crippen LogP contribution in [0, 0.1) is 0 Å². The first-order valence-electron chi connectivity index (χ1n) is 3.15. The van der Waals surface area contributed by atoms with Crippen LogP contribution in [0.4, 0.5) is 0 Å². The molecule has 0 rings (SSSR count). The standard InChI is InChI=1S/C5H13NO3S/c1-5(3-2-4-6)10(7,8)9/h5H,2-4,6H2,1H3,(H,7,8,9). The van der Waals surface area contributed by atoms with Crippen molar-refractivity contribution < 1.29 is 13.0 Å². The minimum atomic E-state index is -3.83. The van der Waals surface area contributed by atoms with Crippen LogP contribution in [-0.4, -0.2) is 24.8 Å². The maximum Gasteiger partial charge on any atom is 0.267 e. The lowest BCUT2D eigenvalue weighted by Gasteiger charge is -2.04. The molecule has 10 heavy (non-hydrogen) atoms. The highest BCUT2D eigenvalue weighted by atomic mass is 32.2. The van der Waals surface area contributed by atoms with E-state index in [2.05, 4.69) is 0 Å². The van der Waals surface area contributed by atoms with E-state index in [0.29, 0.717) is 19.4 Å². The van der Waals surface area contributed by atoms with Crippen LogP contribution in [0.3, 0.4) is 0 Å². The van der Waals surface area contributed by atoms with Gasteiger partial charge < -0.3 is 5.73 Å². The summed E-state index contributed by atoms with van der Waals surface area (Å²) in [5.74, 6) is 0. The predicted molar refractivity (Wildman–Crippen MR) is 39.3 cm³/mol. The molecule has 0 aliphatic rings. The summed E-state index contributed by atoms with van der Waals surface area (Å²) < 4.78 is 29.1. The third-order valence-corrected chi connectivity index (χ3v) is 2.58. The second-order valence-electron chi connectivity index (χ2n) is 2.26. The van der Waals surface area contributed by atoms with E-state index in [4.69, 9.17) is 10.3 Å². The third kappa shape index (κ3) is 3.81. The molecule has 0 fully saturated rings. The number of nitrogens with two attached hydrogens (primary N) is 1. The summed E-state index contributed by atoms with van der Waals surface area (Å²) in [4.78, 5) is 0. The van der Waals surface area contributed by atoms with Crippen LogP contribution < -0.4 is 5.73 Å².